The van der Waals surface area contributed by atoms with Crippen molar-refractivity contribution in [3.05, 3.63) is 92.5 Å². The van der Waals surface area contributed by atoms with Crippen molar-refractivity contribution in [2.24, 2.45) is 5.73 Å². The van der Waals surface area contributed by atoms with Gasteiger partial charge in [-0.05, 0) is 51.0 Å². The Morgan fingerprint density at radius 3 is 2.71 bits per heavy atom. The van der Waals surface area contributed by atoms with Crippen LogP contribution in [0.5, 0.6) is 0 Å². The van der Waals surface area contributed by atoms with Crippen LogP contribution in [0.1, 0.15) is 27.2 Å². The number of anilines is 1. The zero-order chi connectivity index (χ0) is 28.5. The second-order valence-corrected chi connectivity index (χ2v) is 9.43. The van der Waals surface area contributed by atoms with Gasteiger partial charge in [0, 0.05) is 42.3 Å². The number of allylic oxidation sites excluding steroid dienone is 6. The van der Waals surface area contributed by atoms with Gasteiger partial charge in [-0.25, -0.2) is 18.5 Å². The molecule has 1 unspecified atom stereocenters. The largest absolute Gasteiger partial charge is 0.389 e. The van der Waals surface area contributed by atoms with E-state index in [2.05, 4.69) is 27.5 Å². The Kier molecular flexibility index (Phi) is 11.0. The first-order valence-electron chi connectivity index (χ1n) is 11.7. The van der Waals surface area contributed by atoms with Gasteiger partial charge in [-0.2, -0.15) is 4.98 Å². The summed E-state index contributed by atoms with van der Waals surface area (Å²) in [5.41, 5.74) is 6.21. The maximum absolute atomic E-state index is 13.3. The SMILES string of the molecule is C=C(Cn1c(=O)nc(NC2=C/C(=C/NCC(C)(C)O)C(=N)C=C2)n(CC/C=C(\C)F)c1=O)C(N)N/C=C/Cl. The molecule has 1 aliphatic carbocycles. The molecule has 13 heteroatoms. The highest BCUT2D eigenvalue weighted by Crippen LogP contribution is 2.15. The fraction of sp³-hybridized carbons (Fsp3) is 0.360. The third-order valence-corrected chi connectivity index (χ3v) is 5.29. The summed E-state index contributed by atoms with van der Waals surface area (Å²) in [4.78, 5) is 30.2. The van der Waals surface area contributed by atoms with E-state index in [0.29, 0.717) is 16.8 Å². The van der Waals surface area contributed by atoms with E-state index in [9.17, 15) is 19.1 Å². The Balaban J connectivity index is 2.42. The number of aromatic nitrogens is 3. The maximum Gasteiger partial charge on any atom is 0.355 e. The zero-order valence-electron chi connectivity index (χ0n) is 21.6. The summed E-state index contributed by atoms with van der Waals surface area (Å²) in [6.45, 7) is 8.51. The number of hydrogen-bond acceptors (Lipinski definition) is 9. The molecule has 1 heterocycles. The first-order chi connectivity index (χ1) is 17.8. The van der Waals surface area contributed by atoms with E-state index in [1.165, 1.54) is 35.4 Å². The molecule has 1 aliphatic rings. The van der Waals surface area contributed by atoms with E-state index >= 15 is 0 Å². The fourth-order valence-corrected chi connectivity index (χ4v) is 3.29. The molecule has 206 valence electrons. The molecule has 0 aliphatic heterocycles. The van der Waals surface area contributed by atoms with Crippen molar-refractivity contribution in [3.8, 4) is 0 Å². The van der Waals surface area contributed by atoms with Crippen molar-refractivity contribution in [2.75, 3.05) is 11.9 Å². The molecule has 2 rings (SSSR count). The minimum atomic E-state index is -0.947. The second kappa shape index (κ2) is 13.7. The predicted octanol–water partition coefficient (Wildman–Crippen LogP) is 1.94. The number of halogens is 2. The lowest BCUT2D eigenvalue weighted by atomic mass is 10.0. The van der Waals surface area contributed by atoms with E-state index in [1.807, 2.05) is 0 Å². The van der Waals surface area contributed by atoms with Gasteiger partial charge in [-0.3, -0.25) is 4.57 Å². The Labute approximate surface area is 225 Å². The number of aliphatic hydroxyl groups is 1. The third kappa shape index (κ3) is 9.29. The molecular weight excluding hydrogens is 515 g/mol. The van der Waals surface area contributed by atoms with E-state index in [1.54, 1.807) is 32.2 Å². The second-order valence-electron chi connectivity index (χ2n) is 9.18. The molecule has 0 spiro atoms. The molecule has 11 nitrogen and oxygen atoms in total. The van der Waals surface area contributed by atoms with Crippen molar-refractivity contribution in [3.63, 3.8) is 0 Å². The summed E-state index contributed by atoms with van der Waals surface area (Å²) in [7, 11) is 0. The summed E-state index contributed by atoms with van der Waals surface area (Å²) in [6.07, 6.45) is 8.45. The minimum absolute atomic E-state index is 0.0319. The Bertz CT molecular complexity index is 1310. The monoisotopic (exact) mass is 548 g/mol. The first kappa shape index (κ1) is 30.5. The molecule has 0 saturated carbocycles. The van der Waals surface area contributed by atoms with Crippen LogP contribution in [-0.2, 0) is 13.1 Å². The minimum Gasteiger partial charge on any atom is -0.389 e. The Hall–Kier alpha value is -3.74. The fourth-order valence-electron chi connectivity index (χ4n) is 3.21. The van der Waals surface area contributed by atoms with E-state index in [4.69, 9.17) is 22.7 Å². The van der Waals surface area contributed by atoms with Crippen LogP contribution in [0.4, 0.5) is 10.3 Å². The van der Waals surface area contributed by atoms with Gasteiger partial charge in [-0.15, -0.1) is 0 Å². The summed E-state index contributed by atoms with van der Waals surface area (Å²) < 4.78 is 15.4. The van der Waals surface area contributed by atoms with Crippen molar-refractivity contribution in [1.82, 2.24) is 24.8 Å². The average molecular weight is 549 g/mol. The van der Waals surface area contributed by atoms with Crippen LogP contribution in [0.3, 0.4) is 0 Å². The highest BCUT2D eigenvalue weighted by molar-refractivity contribution is 6.25. The summed E-state index contributed by atoms with van der Waals surface area (Å²) in [5.74, 6) is -0.455. The molecule has 1 aromatic rings. The maximum atomic E-state index is 13.3. The van der Waals surface area contributed by atoms with Gasteiger partial charge in [0.05, 0.1) is 29.9 Å². The van der Waals surface area contributed by atoms with Crippen LogP contribution in [0.2, 0.25) is 0 Å². The molecule has 0 radical (unpaired) electrons. The van der Waals surface area contributed by atoms with Crippen molar-refractivity contribution in [2.45, 2.75) is 52.0 Å². The Morgan fingerprint density at radius 2 is 2.08 bits per heavy atom. The van der Waals surface area contributed by atoms with Gasteiger partial charge in [0.1, 0.15) is 0 Å². The Morgan fingerprint density at radius 1 is 1.37 bits per heavy atom. The smallest absolute Gasteiger partial charge is 0.355 e. The lowest BCUT2D eigenvalue weighted by Gasteiger charge is -2.19. The van der Waals surface area contributed by atoms with Crippen LogP contribution in [0, 0.1) is 5.41 Å². The van der Waals surface area contributed by atoms with Gasteiger partial charge in [0.2, 0.25) is 5.95 Å². The topological polar surface area (TPSA) is 163 Å². The molecular formula is C25H34ClFN8O3. The van der Waals surface area contributed by atoms with Crippen LogP contribution in [0.15, 0.2) is 81.1 Å². The molecule has 1 aromatic heterocycles. The van der Waals surface area contributed by atoms with Crippen molar-refractivity contribution >= 4 is 23.3 Å². The van der Waals surface area contributed by atoms with Gasteiger partial charge >= 0.3 is 11.4 Å². The molecule has 1 atom stereocenters. The molecule has 0 fully saturated rings. The average Bonchev–Trinajstić information content (AvgIpc) is 2.82. The quantitative estimate of drug-likeness (QED) is 0.161. The lowest BCUT2D eigenvalue weighted by molar-refractivity contribution is 0.0835. The molecule has 7 N–H and O–H groups in total. The normalized spacial score (nSPS) is 16.1. The van der Waals surface area contributed by atoms with Gasteiger partial charge in [-0.1, -0.05) is 24.3 Å². The highest BCUT2D eigenvalue weighted by atomic mass is 35.5. The standard InChI is InChI=1S/C25H34ClFN8O3/c1-16(21(29)31-10-9-26)14-35-23(36)33-22(34(24(35)37)11-5-6-17(2)27)32-19-7-8-20(28)18(12-19)13-30-15-25(3,4)38/h6-10,12-13,21,28,30-31,38H,1,5,11,14-15,29H2,2-4H3,(H,32,33,36)/b10-9+,17-6+,18-13-,28-20?. The number of rotatable bonds is 13. The van der Waals surface area contributed by atoms with Crippen LogP contribution >= 0.6 is 11.6 Å². The summed E-state index contributed by atoms with van der Waals surface area (Å²) in [5, 5.41) is 26.7. The van der Waals surface area contributed by atoms with Gasteiger partial charge in [0.25, 0.3) is 0 Å². The number of nitrogens with two attached hydrogens (primary N) is 1. The van der Waals surface area contributed by atoms with E-state index in [0.717, 1.165) is 4.57 Å². The number of hydrogen-bond donors (Lipinski definition) is 6. The zero-order valence-corrected chi connectivity index (χ0v) is 22.3. The lowest BCUT2D eigenvalue weighted by Crippen LogP contribution is -2.45. The highest BCUT2D eigenvalue weighted by Gasteiger charge is 2.17. The van der Waals surface area contributed by atoms with Crippen LogP contribution in [0.25, 0.3) is 0 Å². The summed E-state index contributed by atoms with van der Waals surface area (Å²) in [6, 6.07) is 0. The third-order valence-electron chi connectivity index (χ3n) is 5.17. The molecule has 0 bridgehead atoms. The first-order valence-corrected chi connectivity index (χ1v) is 12.2. The van der Waals surface area contributed by atoms with Gasteiger partial charge < -0.3 is 32.2 Å². The van der Waals surface area contributed by atoms with Crippen LogP contribution in [-0.4, -0.2) is 43.2 Å². The number of nitrogens with one attached hydrogen (secondary N) is 4. The predicted molar refractivity (Wildman–Crippen MR) is 148 cm³/mol. The van der Waals surface area contributed by atoms with Crippen LogP contribution < -0.4 is 33.1 Å². The van der Waals surface area contributed by atoms with Gasteiger partial charge in [0.15, 0.2) is 0 Å². The summed E-state index contributed by atoms with van der Waals surface area (Å²) >= 11 is 5.49. The van der Waals surface area contributed by atoms with E-state index < -0.39 is 29.0 Å². The van der Waals surface area contributed by atoms with Crippen molar-refractivity contribution < 1.29 is 9.50 Å². The van der Waals surface area contributed by atoms with E-state index in [-0.39, 0.29) is 37.7 Å². The van der Waals surface area contributed by atoms with Crippen molar-refractivity contribution in [1.29, 1.82) is 5.41 Å². The molecule has 0 saturated heterocycles. The molecule has 38 heavy (non-hydrogen) atoms. The molecule has 0 amide bonds. The number of nitrogens with zero attached hydrogens (tertiary/aromatic N) is 3. The molecule has 0 aromatic carbocycles.